The fourth-order valence-electron chi connectivity index (χ4n) is 3.00. The van der Waals surface area contributed by atoms with Crippen molar-refractivity contribution >= 4 is 5.97 Å². The van der Waals surface area contributed by atoms with Crippen LogP contribution in [-0.2, 0) is 14.3 Å². The third-order valence-electron chi connectivity index (χ3n) is 3.91. The molecule has 0 bridgehead atoms. The molecule has 0 heterocycles. The molecule has 1 rings (SSSR count). The quantitative estimate of drug-likeness (QED) is 0.659. The van der Waals surface area contributed by atoms with E-state index in [4.69, 9.17) is 9.47 Å². The van der Waals surface area contributed by atoms with Crippen molar-refractivity contribution in [3.8, 4) is 0 Å². The fraction of sp³-hybridized carbons (Fsp3) is 0.929. The van der Waals surface area contributed by atoms with E-state index in [2.05, 4.69) is 6.92 Å². The molecule has 0 radical (unpaired) electrons. The predicted molar refractivity (Wildman–Crippen MR) is 71.0 cm³/mol. The fourth-order valence-corrected chi connectivity index (χ4v) is 3.00. The highest BCUT2D eigenvalue weighted by Gasteiger charge is 2.43. The maximum Gasteiger partial charge on any atom is 0.309 e. The van der Waals surface area contributed by atoms with Crippen molar-refractivity contribution in [2.45, 2.75) is 45.1 Å². The number of aliphatic carboxylic acids is 1. The van der Waals surface area contributed by atoms with Gasteiger partial charge in [-0.1, -0.05) is 19.8 Å². The molecule has 1 saturated carbocycles. The number of ether oxygens (including phenoxy) is 2. The Bertz CT molecular complexity index is 281. The third kappa shape index (κ3) is 5.09. The third-order valence-corrected chi connectivity index (χ3v) is 3.91. The van der Waals surface area contributed by atoms with Gasteiger partial charge in [0.1, 0.15) is 0 Å². The van der Waals surface area contributed by atoms with Gasteiger partial charge in [-0.25, -0.2) is 0 Å². The van der Waals surface area contributed by atoms with Crippen LogP contribution in [0.25, 0.3) is 0 Å². The number of carbonyl (C=O) groups is 1. The van der Waals surface area contributed by atoms with E-state index in [9.17, 15) is 15.0 Å². The molecule has 0 aromatic rings. The normalized spacial score (nSPS) is 29.1. The summed E-state index contributed by atoms with van der Waals surface area (Å²) >= 11 is 0. The van der Waals surface area contributed by atoms with Crippen molar-refractivity contribution < 1.29 is 24.5 Å². The van der Waals surface area contributed by atoms with E-state index >= 15 is 0 Å². The van der Waals surface area contributed by atoms with Crippen LogP contribution in [0.5, 0.6) is 0 Å². The Morgan fingerprint density at radius 3 is 2.79 bits per heavy atom. The summed E-state index contributed by atoms with van der Waals surface area (Å²) in [6.07, 6.45) is 2.86. The van der Waals surface area contributed by atoms with Gasteiger partial charge in [0.25, 0.3) is 0 Å². The van der Waals surface area contributed by atoms with Gasteiger partial charge >= 0.3 is 5.97 Å². The first-order valence-corrected chi connectivity index (χ1v) is 6.98. The number of aliphatic hydroxyl groups excluding tert-OH is 1. The molecule has 0 aromatic carbocycles. The number of carboxylic acids is 1. The Balaban J connectivity index is 2.46. The molecule has 1 fully saturated rings. The number of rotatable bonds is 8. The van der Waals surface area contributed by atoms with Crippen LogP contribution in [0.1, 0.15) is 39.0 Å². The smallest absolute Gasteiger partial charge is 0.309 e. The molecular formula is C14H26O5. The first-order chi connectivity index (χ1) is 9.00. The van der Waals surface area contributed by atoms with Crippen LogP contribution in [0, 0.1) is 11.3 Å². The van der Waals surface area contributed by atoms with E-state index in [0.29, 0.717) is 32.0 Å². The molecule has 5 nitrogen and oxygen atoms in total. The van der Waals surface area contributed by atoms with Gasteiger partial charge in [-0.3, -0.25) is 4.79 Å². The van der Waals surface area contributed by atoms with E-state index in [-0.39, 0.29) is 13.0 Å². The Kier molecular flexibility index (Phi) is 6.75. The lowest BCUT2D eigenvalue weighted by molar-refractivity contribution is -0.155. The largest absolute Gasteiger partial charge is 0.481 e. The van der Waals surface area contributed by atoms with Crippen LogP contribution < -0.4 is 0 Å². The zero-order valence-electron chi connectivity index (χ0n) is 11.9. The van der Waals surface area contributed by atoms with Crippen molar-refractivity contribution in [2.24, 2.45) is 11.3 Å². The number of methoxy groups -OCH3 is 1. The van der Waals surface area contributed by atoms with Crippen molar-refractivity contribution in [3.63, 3.8) is 0 Å². The lowest BCUT2D eigenvalue weighted by Gasteiger charge is -2.37. The first-order valence-electron chi connectivity index (χ1n) is 6.98. The molecule has 0 amide bonds. The predicted octanol–water partition coefficient (Wildman–Crippen LogP) is 1.68. The summed E-state index contributed by atoms with van der Waals surface area (Å²) in [7, 11) is 1.59. The average Bonchev–Trinajstić information content (AvgIpc) is 2.34. The van der Waals surface area contributed by atoms with E-state index in [1.54, 1.807) is 7.11 Å². The molecule has 0 saturated heterocycles. The van der Waals surface area contributed by atoms with Gasteiger partial charge in [0.15, 0.2) is 0 Å². The second kappa shape index (κ2) is 7.82. The zero-order chi connectivity index (χ0) is 14.3. The molecule has 0 spiro atoms. The van der Waals surface area contributed by atoms with Crippen LogP contribution in [0.2, 0.25) is 0 Å². The molecule has 2 N–H and O–H groups in total. The summed E-state index contributed by atoms with van der Waals surface area (Å²) in [5, 5.41) is 19.5. The zero-order valence-corrected chi connectivity index (χ0v) is 11.9. The minimum atomic E-state index is -0.782. The summed E-state index contributed by atoms with van der Waals surface area (Å²) in [4.78, 5) is 11.6. The number of hydrogen-bond acceptors (Lipinski definition) is 4. The van der Waals surface area contributed by atoms with Gasteiger partial charge in [-0.2, -0.15) is 0 Å². The minimum Gasteiger partial charge on any atom is -0.481 e. The summed E-state index contributed by atoms with van der Waals surface area (Å²) in [6, 6.07) is 0. The molecular weight excluding hydrogens is 248 g/mol. The van der Waals surface area contributed by atoms with Crippen molar-refractivity contribution in [3.05, 3.63) is 0 Å². The van der Waals surface area contributed by atoms with E-state index in [0.717, 1.165) is 12.8 Å². The summed E-state index contributed by atoms with van der Waals surface area (Å²) < 4.78 is 10.1. The van der Waals surface area contributed by atoms with Gasteiger partial charge in [-0.05, 0) is 25.2 Å². The average molecular weight is 274 g/mol. The van der Waals surface area contributed by atoms with E-state index < -0.39 is 17.5 Å². The van der Waals surface area contributed by atoms with Gasteiger partial charge in [-0.15, -0.1) is 0 Å². The van der Waals surface area contributed by atoms with Crippen molar-refractivity contribution in [2.75, 3.05) is 26.9 Å². The maximum absolute atomic E-state index is 11.6. The van der Waals surface area contributed by atoms with Gasteiger partial charge in [0.2, 0.25) is 0 Å². The van der Waals surface area contributed by atoms with E-state index in [1.165, 1.54) is 0 Å². The number of aliphatic hydroxyl groups is 1. The molecule has 1 aliphatic rings. The van der Waals surface area contributed by atoms with Crippen LogP contribution in [0.15, 0.2) is 0 Å². The molecule has 0 aliphatic heterocycles. The highest BCUT2D eigenvalue weighted by atomic mass is 16.5. The molecule has 5 heteroatoms. The van der Waals surface area contributed by atoms with E-state index in [1.807, 2.05) is 0 Å². The summed E-state index contributed by atoms with van der Waals surface area (Å²) in [5.41, 5.74) is -0.776. The highest BCUT2D eigenvalue weighted by Crippen LogP contribution is 2.43. The van der Waals surface area contributed by atoms with Crippen LogP contribution in [0.3, 0.4) is 0 Å². The molecule has 0 aromatic heterocycles. The molecule has 1 aliphatic carbocycles. The lowest BCUT2D eigenvalue weighted by atomic mass is 9.67. The SMILES string of the molecule is COCCOCC(O)CC1(C(=O)O)CCCC(C)C1. The molecule has 3 unspecified atom stereocenters. The second-order valence-electron chi connectivity index (χ2n) is 5.71. The summed E-state index contributed by atoms with van der Waals surface area (Å²) in [5.74, 6) is -0.374. The summed E-state index contributed by atoms with van der Waals surface area (Å²) in [6.45, 7) is 3.16. The standard InChI is InChI=1S/C14H26O5/c1-11-4-3-5-14(8-11,13(16)17)9-12(15)10-19-7-6-18-2/h11-12,15H,3-10H2,1-2H3,(H,16,17). The topological polar surface area (TPSA) is 76.0 Å². The molecule has 19 heavy (non-hydrogen) atoms. The Hall–Kier alpha value is -0.650. The molecule has 3 atom stereocenters. The maximum atomic E-state index is 11.6. The first kappa shape index (κ1) is 16.4. The van der Waals surface area contributed by atoms with Gasteiger partial charge < -0.3 is 19.7 Å². The molecule has 112 valence electrons. The monoisotopic (exact) mass is 274 g/mol. The Morgan fingerprint density at radius 2 is 2.21 bits per heavy atom. The van der Waals surface area contributed by atoms with Crippen molar-refractivity contribution in [1.29, 1.82) is 0 Å². The lowest BCUT2D eigenvalue weighted by Crippen LogP contribution is -2.40. The Labute approximate surface area is 114 Å². The number of hydrogen-bond donors (Lipinski definition) is 2. The Morgan fingerprint density at radius 1 is 1.47 bits per heavy atom. The van der Waals surface area contributed by atoms with Crippen LogP contribution in [-0.4, -0.2) is 49.2 Å². The van der Waals surface area contributed by atoms with Crippen molar-refractivity contribution in [1.82, 2.24) is 0 Å². The van der Waals surface area contributed by atoms with Crippen LogP contribution >= 0.6 is 0 Å². The minimum absolute atomic E-state index is 0.173. The van der Waals surface area contributed by atoms with Gasteiger partial charge in [0.05, 0.1) is 31.3 Å². The number of carboxylic acid groups (broad SMARTS) is 1. The second-order valence-corrected chi connectivity index (χ2v) is 5.71. The van der Waals surface area contributed by atoms with Gasteiger partial charge in [0, 0.05) is 7.11 Å². The highest BCUT2D eigenvalue weighted by molar-refractivity contribution is 5.74. The van der Waals surface area contributed by atoms with Crippen LogP contribution in [0.4, 0.5) is 0 Å².